The number of nitrogens with one attached hydrogen (secondary N) is 2. The van der Waals surface area contributed by atoms with Crippen LogP contribution in [0.25, 0.3) is 11.2 Å². The summed E-state index contributed by atoms with van der Waals surface area (Å²) in [5, 5.41) is 21.6. The fourth-order valence-corrected chi connectivity index (χ4v) is 4.07. The number of nitrogen functional groups attached to an aromatic ring is 1. The standard InChI is InChI=1S/C19H22N6O4S/c1-3-9(2)6-13(30-17-14-15(22-8-21-14)24-19(20)25-17)16(27)23-10-4-5-12(26)11(7-10)18(28)29/h4-5,7-9,13,26H,3,6H2,1-2H3,(H,23,27)(H,28,29)(H3,20,21,22,24,25)/t9-,13-/m1/s1. The predicted octanol–water partition coefficient (Wildman–Crippen LogP) is 2.87. The molecule has 30 heavy (non-hydrogen) atoms. The summed E-state index contributed by atoms with van der Waals surface area (Å²) < 4.78 is 0. The summed E-state index contributed by atoms with van der Waals surface area (Å²) in [6.07, 6.45) is 2.94. The molecular weight excluding hydrogens is 408 g/mol. The Bertz CT molecular complexity index is 1090. The number of thioether (sulfide) groups is 1. The number of benzene rings is 1. The molecule has 0 radical (unpaired) electrons. The maximum absolute atomic E-state index is 13.1. The van der Waals surface area contributed by atoms with Crippen molar-refractivity contribution in [2.24, 2.45) is 5.92 Å². The number of carboxylic acids is 1. The fraction of sp³-hybridized carbons (Fsp3) is 0.316. The van der Waals surface area contributed by atoms with E-state index >= 15 is 0 Å². The molecule has 2 aromatic heterocycles. The van der Waals surface area contributed by atoms with Crippen molar-refractivity contribution in [3.05, 3.63) is 30.1 Å². The fourth-order valence-electron chi connectivity index (χ4n) is 2.79. The third-order valence-corrected chi connectivity index (χ3v) is 5.83. The predicted molar refractivity (Wildman–Crippen MR) is 114 cm³/mol. The zero-order valence-electron chi connectivity index (χ0n) is 16.4. The summed E-state index contributed by atoms with van der Waals surface area (Å²) in [6, 6.07) is 3.89. The van der Waals surface area contributed by atoms with Gasteiger partial charge >= 0.3 is 5.97 Å². The normalized spacial score (nSPS) is 13.1. The quantitative estimate of drug-likeness (QED) is 0.205. The third-order valence-electron chi connectivity index (χ3n) is 4.62. The summed E-state index contributed by atoms with van der Waals surface area (Å²) in [6.45, 7) is 4.09. The van der Waals surface area contributed by atoms with Crippen molar-refractivity contribution >= 4 is 46.4 Å². The van der Waals surface area contributed by atoms with Gasteiger partial charge in [0.2, 0.25) is 11.9 Å². The van der Waals surface area contributed by atoms with E-state index in [9.17, 15) is 19.8 Å². The summed E-state index contributed by atoms with van der Waals surface area (Å²) in [5.74, 6) is -1.65. The Balaban J connectivity index is 1.88. The second-order valence-corrected chi connectivity index (χ2v) is 8.06. The van der Waals surface area contributed by atoms with Crippen LogP contribution in [-0.2, 0) is 4.79 Å². The lowest BCUT2D eigenvalue weighted by Crippen LogP contribution is -2.27. The molecule has 11 heteroatoms. The second-order valence-electron chi connectivity index (χ2n) is 6.87. The van der Waals surface area contributed by atoms with Crippen LogP contribution in [0.1, 0.15) is 37.0 Å². The average molecular weight is 430 g/mol. The molecule has 0 saturated heterocycles. The first-order valence-electron chi connectivity index (χ1n) is 9.28. The number of fused-ring (bicyclic) bond motifs is 1. The van der Waals surface area contributed by atoms with Gasteiger partial charge in [0, 0.05) is 5.69 Å². The Morgan fingerprint density at radius 3 is 2.80 bits per heavy atom. The minimum absolute atomic E-state index is 0.0597. The smallest absolute Gasteiger partial charge is 0.339 e. The van der Waals surface area contributed by atoms with Crippen LogP contribution in [0, 0.1) is 5.92 Å². The number of aromatic hydroxyl groups is 1. The number of hydrogen-bond acceptors (Lipinski definition) is 8. The molecule has 3 aromatic rings. The first kappa shape index (κ1) is 21.4. The van der Waals surface area contributed by atoms with Crippen LogP contribution in [0.2, 0.25) is 0 Å². The maximum Gasteiger partial charge on any atom is 0.339 e. The number of aromatic carboxylic acids is 1. The Morgan fingerprint density at radius 2 is 2.10 bits per heavy atom. The molecule has 0 spiro atoms. The van der Waals surface area contributed by atoms with Gasteiger partial charge in [-0.1, -0.05) is 32.0 Å². The van der Waals surface area contributed by atoms with Crippen molar-refractivity contribution in [1.29, 1.82) is 0 Å². The van der Waals surface area contributed by atoms with Crippen LogP contribution in [0.3, 0.4) is 0 Å². The lowest BCUT2D eigenvalue weighted by atomic mass is 10.0. The molecule has 0 aliphatic rings. The van der Waals surface area contributed by atoms with Crippen LogP contribution in [0.15, 0.2) is 29.6 Å². The van der Waals surface area contributed by atoms with Gasteiger partial charge in [0.25, 0.3) is 0 Å². The molecule has 0 bridgehead atoms. The number of aromatic amines is 1. The van der Waals surface area contributed by atoms with E-state index in [1.807, 2.05) is 13.8 Å². The van der Waals surface area contributed by atoms with Gasteiger partial charge in [-0.2, -0.15) is 4.98 Å². The minimum atomic E-state index is -1.28. The van der Waals surface area contributed by atoms with E-state index in [1.165, 1.54) is 36.3 Å². The highest BCUT2D eigenvalue weighted by Gasteiger charge is 2.25. The molecule has 0 aliphatic heterocycles. The van der Waals surface area contributed by atoms with Crippen LogP contribution >= 0.6 is 11.8 Å². The van der Waals surface area contributed by atoms with Crippen molar-refractivity contribution in [3.63, 3.8) is 0 Å². The van der Waals surface area contributed by atoms with E-state index in [4.69, 9.17) is 5.73 Å². The van der Waals surface area contributed by atoms with Gasteiger partial charge in [0.05, 0.1) is 11.6 Å². The molecular formula is C19H22N6O4S. The van der Waals surface area contributed by atoms with Gasteiger partial charge in [-0.25, -0.2) is 14.8 Å². The Morgan fingerprint density at radius 1 is 1.33 bits per heavy atom. The first-order valence-corrected chi connectivity index (χ1v) is 10.2. The topological polar surface area (TPSA) is 167 Å². The highest BCUT2D eigenvalue weighted by molar-refractivity contribution is 8.00. The van der Waals surface area contributed by atoms with E-state index < -0.39 is 11.2 Å². The Kier molecular flexibility index (Phi) is 6.40. The van der Waals surface area contributed by atoms with Crippen LogP contribution in [0.4, 0.5) is 11.6 Å². The van der Waals surface area contributed by atoms with Crippen LogP contribution in [-0.4, -0.2) is 47.3 Å². The molecule has 0 saturated carbocycles. The van der Waals surface area contributed by atoms with Crippen molar-refractivity contribution in [1.82, 2.24) is 19.9 Å². The summed E-state index contributed by atoms with van der Waals surface area (Å²) >= 11 is 1.24. The van der Waals surface area contributed by atoms with Gasteiger partial charge in [0.1, 0.15) is 21.9 Å². The molecule has 1 aromatic carbocycles. The number of phenols is 1. The third kappa shape index (κ3) is 4.79. The highest BCUT2D eigenvalue weighted by atomic mass is 32.2. The van der Waals surface area contributed by atoms with E-state index in [1.54, 1.807) is 0 Å². The van der Waals surface area contributed by atoms with E-state index in [0.29, 0.717) is 22.6 Å². The van der Waals surface area contributed by atoms with E-state index in [-0.39, 0.29) is 34.8 Å². The lowest BCUT2D eigenvalue weighted by molar-refractivity contribution is -0.116. The highest BCUT2D eigenvalue weighted by Crippen LogP contribution is 2.32. The number of aromatic nitrogens is 4. The summed E-state index contributed by atoms with van der Waals surface area (Å²) in [5.41, 5.74) is 6.77. The number of hydrogen-bond donors (Lipinski definition) is 5. The number of imidazole rings is 1. The summed E-state index contributed by atoms with van der Waals surface area (Å²) in [4.78, 5) is 39.7. The van der Waals surface area contributed by atoms with E-state index in [2.05, 4.69) is 25.3 Å². The molecule has 10 nitrogen and oxygen atoms in total. The Hall–Kier alpha value is -3.34. The largest absolute Gasteiger partial charge is 0.507 e. The number of carbonyl (C=O) groups excluding carboxylic acids is 1. The average Bonchev–Trinajstić information content (AvgIpc) is 3.17. The SMILES string of the molecule is CC[C@@H](C)C[C@@H](Sc1nc(N)nc2nc[nH]c12)C(=O)Nc1ccc(O)c(C(=O)O)c1. The number of anilines is 2. The molecule has 158 valence electrons. The maximum atomic E-state index is 13.1. The monoisotopic (exact) mass is 430 g/mol. The number of amides is 1. The number of carboxylic acid groups (broad SMARTS) is 1. The molecule has 2 heterocycles. The van der Waals surface area contributed by atoms with Crippen molar-refractivity contribution in [2.45, 2.75) is 37.0 Å². The zero-order chi connectivity index (χ0) is 21.8. The molecule has 6 N–H and O–H groups in total. The number of rotatable bonds is 8. The summed E-state index contributed by atoms with van der Waals surface area (Å²) in [7, 11) is 0. The van der Waals surface area contributed by atoms with Gasteiger partial charge in [-0.15, -0.1) is 0 Å². The first-order chi connectivity index (χ1) is 14.3. The van der Waals surface area contributed by atoms with Gasteiger partial charge in [-0.05, 0) is 30.5 Å². The van der Waals surface area contributed by atoms with Crippen molar-refractivity contribution < 1.29 is 19.8 Å². The molecule has 0 fully saturated rings. The van der Waals surface area contributed by atoms with E-state index in [0.717, 1.165) is 6.42 Å². The molecule has 2 atom stereocenters. The van der Waals surface area contributed by atoms with Crippen molar-refractivity contribution in [3.8, 4) is 5.75 Å². The van der Waals surface area contributed by atoms with Crippen LogP contribution in [0.5, 0.6) is 5.75 Å². The molecule has 1 amide bonds. The van der Waals surface area contributed by atoms with Crippen LogP contribution < -0.4 is 11.1 Å². The molecule has 0 unspecified atom stereocenters. The number of nitrogens with two attached hydrogens (primary N) is 1. The second kappa shape index (κ2) is 8.99. The van der Waals surface area contributed by atoms with Gasteiger partial charge in [-0.3, -0.25) is 4.79 Å². The number of carbonyl (C=O) groups is 2. The zero-order valence-corrected chi connectivity index (χ0v) is 17.2. The van der Waals surface area contributed by atoms with Gasteiger partial charge in [0.15, 0.2) is 5.65 Å². The lowest BCUT2D eigenvalue weighted by Gasteiger charge is -2.19. The molecule has 3 rings (SSSR count). The van der Waals surface area contributed by atoms with Crippen molar-refractivity contribution in [2.75, 3.05) is 11.1 Å². The Labute approximate surface area is 176 Å². The van der Waals surface area contributed by atoms with Gasteiger partial charge < -0.3 is 26.2 Å². The number of H-pyrrole nitrogens is 1. The molecule has 0 aliphatic carbocycles. The minimum Gasteiger partial charge on any atom is -0.507 e. The number of nitrogens with zero attached hydrogens (tertiary/aromatic N) is 3.